The summed E-state index contributed by atoms with van der Waals surface area (Å²) < 4.78 is 38.0. The van der Waals surface area contributed by atoms with E-state index in [0.29, 0.717) is 6.54 Å². The number of rotatable bonds is 4. The number of piperazine rings is 1. The molecular formula is C22H22F3N3. The van der Waals surface area contributed by atoms with Gasteiger partial charge in [-0.2, -0.15) is 13.2 Å². The molecule has 0 saturated carbocycles. The average Bonchev–Trinajstić information content (AvgIpc) is 2.69. The third-order valence-corrected chi connectivity index (χ3v) is 5.23. The van der Waals surface area contributed by atoms with Crippen molar-refractivity contribution >= 4 is 10.9 Å². The molecule has 0 unspecified atom stereocenters. The Morgan fingerprint density at radius 3 is 2.04 bits per heavy atom. The van der Waals surface area contributed by atoms with Crippen LogP contribution in [0.25, 0.3) is 10.9 Å². The molecular weight excluding hydrogens is 363 g/mol. The second-order valence-corrected chi connectivity index (χ2v) is 7.28. The van der Waals surface area contributed by atoms with E-state index in [-0.39, 0.29) is 0 Å². The van der Waals surface area contributed by atoms with E-state index in [0.717, 1.165) is 49.2 Å². The van der Waals surface area contributed by atoms with E-state index in [4.69, 9.17) is 0 Å². The van der Waals surface area contributed by atoms with Crippen LogP contribution >= 0.6 is 0 Å². The largest absolute Gasteiger partial charge is 0.416 e. The molecule has 6 heteroatoms. The molecule has 1 aromatic heterocycles. The molecule has 1 aliphatic rings. The lowest BCUT2D eigenvalue weighted by molar-refractivity contribution is -0.137. The fourth-order valence-electron chi connectivity index (χ4n) is 3.64. The average molecular weight is 385 g/mol. The molecule has 2 heterocycles. The van der Waals surface area contributed by atoms with Crippen LogP contribution in [0.3, 0.4) is 0 Å². The summed E-state index contributed by atoms with van der Waals surface area (Å²) in [4.78, 5) is 9.07. The lowest BCUT2D eigenvalue weighted by atomic mass is 10.1. The van der Waals surface area contributed by atoms with Crippen molar-refractivity contribution in [1.29, 1.82) is 0 Å². The number of aromatic nitrogens is 1. The Labute approximate surface area is 162 Å². The number of halogens is 3. The zero-order chi connectivity index (χ0) is 19.6. The summed E-state index contributed by atoms with van der Waals surface area (Å²) in [6.45, 7) is 5.32. The van der Waals surface area contributed by atoms with Crippen LogP contribution in [0.2, 0.25) is 0 Å². The van der Waals surface area contributed by atoms with Crippen LogP contribution in [-0.4, -0.2) is 41.0 Å². The van der Waals surface area contributed by atoms with Crippen molar-refractivity contribution < 1.29 is 13.2 Å². The number of hydrogen-bond donors (Lipinski definition) is 0. The molecule has 4 rings (SSSR count). The first-order valence-electron chi connectivity index (χ1n) is 9.42. The molecule has 3 nitrogen and oxygen atoms in total. The third kappa shape index (κ3) is 4.51. The number of alkyl halides is 3. The Balaban J connectivity index is 1.30. The molecule has 1 aliphatic heterocycles. The molecule has 28 heavy (non-hydrogen) atoms. The Morgan fingerprint density at radius 1 is 0.786 bits per heavy atom. The molecule has 0 aliphatic carbocycles. The molecule has 0 atom stereocenters. The fraction of sp³-hybridized carbons (Fsp3) is 0.318. The van der Waals surface area contributed by atoms with Gasteiger partial charge in [0.2, 0.25) is 0 Å². The van der Waals surface area contributed by atoms with Gasteiger partial charge in [0.05, 0.1) is 11.1 Å². The summed E-state index contributed by atoms with van der Waals surface area (Å²) in [5.41, 5.74) is 2.61. The second kappa shape index (κ2) is 7.89. The van der Waals surface area contributed by atoms with Crippen LogP contribution < -0.4 is 0 Å². The van der Waals surface area contributed by atoms with E-state index in [1.807, 2.05) is 6.07 Å². The van der Waals surface area contributed by atoms with Gasteiger partial charge in [0.25, 0.3) is 0 Å². The third-order valence-electron chi connectivity index (χ3n) is 5.23. The molecule has 2 aromatic carbocycles. The summed E-state index contributed by atoms with van der Waals surface area (Å²) in [6.07, 6.45) is -2.47. The Morgan fingerprint density at radius 2 is 1.39 bits per heavy atom. The van der Waals surface area contributed by atoms with E-state index in [1.54, 1.807) is 18.3 Å². The lowest BCUT2D eigenvalue weighted by Crippen LogP contribution is -2.45. The molecule has 1 fully saturated rings. The monoisotopic (exact) mass is 385 g/mol. The minimum atomic E-state index is -4.27. The fourth-order valence-corrected chi connectivity index (χ4v) is 3.64. The molecule has 0 N–H and O–H groups in total. The highest BCUT2D eigenvalue weighted by Gasteiger charge is 2.30. The van der Waals surface area contributed by atoms with Crippen molar-refractivity contribution in [2.75, 3.05) is 26.2 Å². The van der Waals surface area contributed by atoms with Crippen LogP contribution in [0, 0.1) is 0 Å². The molecule has 1 saturated heterocycles. The van der Waals surface area contributed by atoms with E-state index < -0.39 is 11.7 Å². The molecule has 0 spiro atoms. The minimum Gasteiger partial charge on any atom is -0.297 e. The highest BCUT2D eigenvalue weighted by Crippen LogP contribution is 2.29. The van der Waals surface area contributed by atoms with E-state index in [1.165, 1.54) is 17.7 Å². The van der Waals surface area contributed by atoms with Gasteiger partial charge in [-0.15, -0.1) is 0 Å². The normalized spacial score (nSPS) is 16.5. The van der Waals surface area contributed by atoms with Crippen molar-refractivity contribution in [3.63, 3.8) is 0 Å². The highest BCUT2D eigenvalue weighted by atomic mass is 19.4. The Kier molecular flexibility index (Phi) is 5.33. The SMILES string of the molecule is FC(F)(F)c1ccc(CN2CCN(Cc3ccc4ncccc4c3)CC2)cc1. The van der Waals surface area contributed by atoms with Crippen LogP contribution in [0.4, 0.5) is 13.2 Å². The van der Waals surface area contributed by atoms with Crippen molar-refractivity contribution in [2.24, 2.45) is 0 Å². The topological polar surface area (TPSA) is 19.4 Å². The van der Waals surface area contributed by atoms with Crippen molar-refractivity contribution in [1.82, 2.24) is 14.8 Å². The van der Waals surface area contributed by atoms with E-state index in [2.05, 4.69) is 39.0 Å². The summed E-state index contributed by atoms with van der Waals surface area (Å²) >= 11 is 0. The summed E-state index contributed by atoms with van der Waals surface area (Å²) in [6, 6.07) is 15.9. The molecule has 0 amide bonds. The van der Waals surface area contributed by atoms with Gasteiger partial charge in [-0.25, -0.2) is 0 Å². The number of benzene rings is 2. The Hall–Kier alpha value is -2.44. The first-order chi connectivity index (χ1) is 13.5. The maximum atomic E-state index is 12.7. The first kappa shape index (κ1) is 18.9. The Bertz CT molecular complexity index is 930. The van der Waals surface area contributed by atoms with Crippen molar-refractivity contribution in [3.8, 4) is 0 Å². The number of hydrogen-bond acceptors (Lipinski definition) is 3. The summed E-state index contributed by atoms with van der Waals surface area (Å²) in [5.74, 6) is 0. The maximum absolute atomic E-state index is 12.7. The van der Waals surface area contributed by atoms with Gasteiger partial charge in [0.15, 0.2) is 0 Å². The second-order valence-electron chi connectivity index (χ2n) is 7.28. The summed E-state index contributed by atoms with van der Waals surface area (Å²) in [5, 5.41) is 1.15. The van der Waals surface area contributed by atoms with E-state index >= 15 is 0 Å². The predicted octanol–water partition coefficient (Wildman–Crippen LogP) is 4.57. The number of nitrogens with zero attached hydrogens (tertiary/aromatic N) is 3. The van der Waals surface area contributed by atoms with Gasteiger partial charge < -0.3 is 0 Å². The van der Waals surface area contributed by atoms with Gasteiger partial charge in [-0.1, -0.05) is 24.3 Å². The zero-order valence-corrected chi connectivity index (χ0v) is 15.5. The van der Waals surface area contributed by atoms with Gasteiger partial charge in [0.1, 0.15) is 0 Å². The first-order valence-corrected chi connectivity index (χ1v) is 9.42. The van der Waals surface area contributed by atoms with Crippen LogP contribution in [0.15, 0.2) is 60.8 Å². The maximum Gasteiger partial charge on any atom is 0.416 e. The molecule has 3 aromatic rings. The summed E-state index contributed by atoms with van der Waals surface area (Å²) in [7, 11) is 0. The standard InChI is InChI=1S/C22H22F3N3/c23-22(24,25)20-6-3-17(4-7-20)15-27-10-12-28(13-11-27)16-18-5-8-21-19(14-18)2-1-9-26-21/h1-9,14H,10-13,15-16H2. The molecule has 0 bridgehead atoms. The van der Waals surface area contributed by atoms with E-state index in [9.17, 15) is 13.2 Å². The van der Waals surface area contributed by atoms with Crippen molar-refractivity contribution in [3.05, 3.63) is 77.5 Å². The van der Waals surface area contributed by atoms with Crippen molar-refractivity contribution in [2.45, 2.75) is 19.3 Å². The lowest BCUT2D eigenvalue weighted by Gasteiger charge is -2.34. The van der Waals surface area contributed by atoms with Gasteiger partial charge in [0, 0.05) is 50.9 Å². The van der Waals surface area contributed by atoms with Crippen LogP contribution in [0.5, 0.6) is 0 Å². The van der Waals surface area contributed by atoms with Gasteiger partial charge in [-0.05, 0) is 41.5 Å². The zero-order valence-electron chi connectivity index (χ0n) is 15.5. The van der Waals surface area contributed by atoms with Gasteiger partial charge >= 0.3 is 6.18 Å². The minimum absolute atomic E-state index is 0.591. The molecule has 146 valence electrons. The quantitative estimate of drug-likeness (QED) is 0.656. The highest BCUT2D eigenvalue weighted by molar-refractivity contribution is 5.78. The van der Waals surface area contributed by atoms with Crippen LogP contribution in [0.1, 0.15) is 16.7 Å². The van der Waals surface area contributed by atoms with Gasteiger partial charge in [-0.3, -0.25) is 14.8 Å². The smallest absolute Gasteiger partial charge is 0.297 e. The number of fused-ring (bicyclic) bond motifs is 1. The number of pyridine rings is 1. The molecule has 0 radical (unpaired) electrons. The predicted molar refractivity (Wildman–Crippen MR) is 104 cm³/mol. The van der Waals surface area contributed by atoms with Crippen LogP contribution in [-0.2, 0) is 19.3 Å².